The lowest BCUT2D eigenvalue weighted by atomic mass is 9.59. The van der Waals surface area contributed by atoms with Gasteiger partial charge in [0.2, 0.25) is 0 Å². The second kappa shape index (κ2) is 6.94. The molecular formula is C19H18N2O2. The molecule has 23 heavy (non-hydrogen) atoms. The van der Waals surface area contributed by atoms with Crippen LogP contribution >= 0.6 is 0 Å². The molecule has 0 bridgehead atoms. The smallest absolute Gasteiger partial charge is 0.334 e. The first-order valence-corrected chi connectivity index (χ1v) is 7.51. The number of carbonyl (C=O) groups excluding carboxylic acids is 1. The van der Waals surface area contributed by atoms with Crippen molar-refractivity contribution in [3.05, 3.63) is 60.2 Å². The average molecular weight is 306 g/mol. The van der Waals surface area contributed by atoms with Gasteiger partial charge in [0, 0.05) is 17.4 Å². The van der Waals surface area contributed by atoms with Crippen LogP contribution in [0.15, 0.2) is 54.6 Å². The lowest BCUT2D eigenvalue weighted by Crippen LogP contribution is -2.39. The maximum atomic E-state index is 12.2. The molecule has 0 fully saturated rings. The summed E-state index contributed by atoms with van der Waals surface area (Å²) < 4.78 is 5.06. The van der Waals surface area contributed by atoms with Gasteiger partial charge in [-0.25, -0.2) is 4.79 Å². The molecule has 116 valence electrons. The fraction of sp³-hybridized carbons (Fsp3) is 0.316. The molecule has 4 nitrogen and oxygen atoms in total. The van der Waals surface area contributed by atoms with E-state index in [9.17, 15) is 15.3 Å². The van der Waals surface area contributed by atoms with Gasteiger partial charge in [-0.2, -0.15) is 10.5 Å². The van der Waals surface area contributed by atoms with E-state index in [0.29, 0.717) is 12.0 Å². The summed E-state index contributed by atoms with van der Waals surface area (Å²) in [6.07, 6.45) is 3.71. The summed E-state index contributed by atoms with van der Waals surface area (Å²) in [7, 11) is 0. The molecule has 0 radical (unpaired) electrons. The molecule has 0 spiro atoms. The molecule has 4 heteroatoms. The Hall–Kier alpha value is -2.85. The van der Waals surface area contributed by atoms with Gasteiger partial charge in [0.15, 0.2) is 5.41 Å². The van der Waals surface area contributed by atoms with Crippen LogP contribution in [0.2, 0.25) is 0 Å². The largest absolute Gasteiger partial charge is 0.463 e. The minimum Gasteiger partial charge on any atom is -0.463 e. The van der Waals surface area contributed by atoms with Crippen molar-refractivity contribution in [2.75, 3.05) is 6.61 Å². The molecule has 0 saturated heterocycles. The quantitative estimate of drug-likeness (QED) is 0.630. The third kappa shape index (κ3) is 2.76. The van der Waals surface area contributed by atoms with E-state index < -0.39 is 17.3 Å². The van der Waals surface area contributed by atoms with Gasteiger partial charge in [0.25, 0.3) is 0 Å². The van der Waals surface area contributed by atoms with E-state index in [-0.39, 0.29) is 12.5 Å². The van der Waals surface area contributed by atoms with Crippen molar-refractivity contribution in [3.8, 4) is 12.1 Å². The predicted octanol–water partition coefficient (Wildman–Crippen LogP) is 3.50. The number of allylic oxidation sites excluding steroid dienone is 2. The number of nitrogens with zero attached hydrogens (tertiary/aromatic N) is 2. The molecule has 1 aliphatic carbocycles. The highest BCUT2D eigenvalue weighted by atomic mass is 16.5. The first kappa shape index (κ1) is 16.5. The second-order valence-electron chi connectivity index (χ2n) is 5.38. The molecule has 1 aromatic rings. The topological polar surface area (TPSA) is 73.9 Å². The van der Waals surface area contributed by atoms with Crippen LogP contribution in [0.4, 0.5) is 0 Å². The number of hydrogen-bond acceptors (Lipinski definition) is 4. The van der Waals surface area contributed by atoms with E-state index in [4.69, 9.17) is 4.74 Å². The molecular weight excluding hydrogens is 288 g/mol. The van der Waals surface area contributed by atoms with Crippen molar-refractivity contribution >= 4 is 5.97 Å². The highest BCUT2D eigenvalue weighted by Gasteiger charge is 2.51. The van der Waals surface area contributed by atoms with Crippen LogP contribution in [0.25, 0.3) is 0 Å². The fourth-order valence-corrected chi connectivity index (χ4v) is 3.16. The number of ether oxygens (including phenoxy) is 1. The van der Waals surface area contributed by atoms with Gasteiger partial charge < -0.3 is 4.74 Å². The van der Waals surface area contributed by atoms with Gasteiger partial charge in [-0.1, -0.05) is 42.5 Å². The van der Waals surface area contributed by atoms with Crippen molar-refractivity contribution in [3.63, 3.8) is 0 Å². The molecule has 0 unspecified atom stereocenters. The van der Waals surface area contributed by atoms with E-state index in [0.717, 1.165) is 5.56 Å². The predicted molar refractivity (Wildman–Crippen MR) is 85.9 cm³/mol. The van der Waals surface area contributed by atoms with Crippen LogP contribution in [0.5, 0.6) is 0 Å². The first-order valence-electron chi connectivity index (χ1n) is 7.51. The molecule has 1 aromatic carbocycles. The van der Waals surface area contributed by atoms with Crippen molar-refractivity contribution in [1.82, 2.24) is 0 Å². The minimum atomic E-state index is -1.38. The molecule has 2 rings (SSSR count). The fourth-order valence-electron chi connectivity index (χ4n) is 3.16. The Balaban J connectivity index is 2.57. The van der Waals surface area contributed by atoms with Crippen molar-refractivity contribution in [2.24, 2.45) is 11.3 Å². The normalized spacial score (nSPS) is 22.1. The van der Waals surface area contributed by atoms with Gasteiger partial charge in [-0.05, 0) is 18.9 Å². The lowest BCUT2D eigenvalue weighted by molar-refractivity contribution is -0.139. The maximum absolute atomic E-state index is 12.2. The third-order valence-corrected chi connectivity index (χ3v) is 4.27. The third-order valence-electron chi connectivity index (χ3n) is 4.27. The van der Waals surface area contributed by atoms with Crippen LogP contribution < -0.4 is 0 Å². The SMILES string of the molecule is C=C[C@H]1C(C(=O)OCC)=CC[C@@H](c2ccccc2)C1(C#N)C#N. The molecule has 0 N–H and O–H groups in total. The van der Waals surface area contributed by atoms with E-state index in [2.05, 4.69) is 18.7 Å². The van der Waals surface area contributed by atoms with E-state index in [1.54, 1.807) is 13.0 Å². The number of hydrogen-bond donors (Lipinski definition) is 0. The van der Waals surface area contributed by atoms with Crippen LogP contribution in [0.1, 0.15) is 24.8 Å². The highest BCUT2D eigenvalue weighted by Crippen LogP contribution is 2.50. The van der Waals surface area contributed by atoms with E-state index in [1.165, 1.54) is 6.08 Å². The van der Waals surface area contributed by atoms with Crippen molar-refractivity contribution in [1.29, 1.82) is 10.5 Å². The summed E-state index contributed by atoms with van der Waals surface area (Å²) in [5, 5.41) is 19.6. The monoisotopic (exact) mass is 306 g/mol. The van der Waals surface area contributed by atoms with E-state index >= 15 is 0 Å². The summed E-state index contributed by atoms with van der Waals surface area (Å²) in [6, 6.07) is 13.8. The average Bonchev–Trinajstić information content (AvgIpc) is 2.61. The van der Waals surface area contributed by atoms with Crippen molar-refractivity contribution < 1.29 is 9.53 Å². The Morgan fingerprint density at radius 2 is 2.04 bits per heavy atom. The van der Waals surface area contributed by atoms with Crippen LogP contribution in [-0.4, -0.2) is 12.6 Å². The maximum Gasteiger partial charge on any atom is 0.334 e. The Labute approximate surface area is 136 Å². The summed E-state index contributed by atoms with van der Waals surface area (Å²) in [6.45, 7) is 5.71. The lowest BCUT2D eigenvalue weighted by Gasteiger charge is -2.38. The number of carbonyl (C=O) groups is 1. The summed E-state index contributed by atoms with van der Waals surface area (Å²) >= 11 is 0. The van der Waals surface area contributed by atoms with Gasteiger partial charge in [0.05, 0.1) is 18.7 Å². The number of benzene rings is 1. The Morgan fingerprint density at radius 3 is 2.57 bits per heavy atom. The molecule has 0 heterocycles. The zero-order valence-corrected chi connectivity index (χ0v) is 13.0. The Kier molecular flexibility index (Phi) is 4.98. The number of nitriles is 2. The standard InChI is InChI=1S/C19H18N2O2/c1-3-16-15(18(22)23-4-2)10-11-17(19(16,12-20)13-21)14-8-6-5-7-9-14/h3,5-10,16-17H,1,4,11H2,2H3/t16-,17-/m0/s1. The van der Waals surface area contributed by atoms with Gasteiger partial charge in [-0.15, -0.1) is 6.58 Å². The van der Waals surface area contributed by atoms with E-state index in [1.807, 2.05) is 30.3 Å². The van der Waals surface area contributed by atoms with Crippen LogP contribution in [0, 0.1) is 34.0 Å². The summed E-state index contributed by atoms with van der Waals surface area (Å²) in [4.78, 5) is 12.2. The molecule has 0 amide bonds. The first-order chi connectivity index (χ1) is 11.1. The molecule has 0 saturated carbocycles. The summed E-state index contributed by atoms with van der Waals surface area (Å²) in [5.74, 6) is -1.49. The molecule has 2 atom stereocenters. The number of rotatable bonds is 4. The number of esters is 1. The zero-order chi connectivity index (χ0) is 16.9. The zero-order valence-electron chi connectivity index (χ0n) is 13.0. The molecule has 0 aliphatic heterocycles. The van der Waals surface area contributed by atoms with Gasteiger partial charge in [0.1, 0.15) is 0 Å². The highest BCUT2D eigenvalue weighted by molar-refractivity contribution is 5.90. The molecule has 0 aromatic heterocycles. The van der Waals surface area contributed by atoms with Gasteiger partial charge in [-0.3, -0.25) is 0 Å². The summed E-state index contributed by atoms with van der Waals surface area (Å²) in [5.41, 5.74) is -0.126. The van der Waals surface area contributed by atoms with Crippen molar-refractivity contribution in [2.45, 2.75) is 19.3 Å². The second-order valence-corrected chi connectivity index (χ2v) is 5.38. The van der Waals surface area contributed by atoms with Crippen LogP contribution in [-0.2, 0) is 9.53 Å². The minimum absolute atomic E-state index is 0.244. The Bertz CT molecular complexity index is 693. The Morgan fingerprint density at radius 1 is 1.39 bits per heavy atom. The molecule has 1 aliphatic rings. The van der Waals surface area contributed by atoms with Crippen LogP contribution in [0.3, 0.4) is 0 Å². The van der Waals surface area contributed by atoms with Gasteiger partial charge >= 0.3 is 5.97 Å².